The van der Waals surface area contributed by atoms with Crippen LogP contribution in [0.1, 0.15) is 24.0 Å². The average Bonchev–Trinajstić information content (AvgIpc) is 3.42. The van der Waals surface area contributed by atoms with Crippen LogP contribution in [-0.4, -0.2) is 51.3 Å². The van der Waals surface area contributed by atoms with Crippen LogP contribution < -0.4 is 5.32 Å². The Kier molecular flexibility index (Phi) is 9.94. The quantitative estimate of drug-likeness (QED) is 0.216. The first-order valence-electron chi connectivity index (χ1n) is 8.56. The van der Waals surface area contributed by atoms with Crippen molar-refractivity contribution in [1.29, 1.82) is 0 Å². The second-order valence-electron chi connectivity index (χ2n) is 6.22. The minimum Gasteiger partial charge on any atom is -0.379 e. The largest absolute Gasteiger partial charge is 0.416 e. The van der Waals surface area contributed by atoms with Gasteiger partial charge >= 0.3 is 6.18 Å². The molecule has 0 radical (unpaired) electrons. The molecule has 8 heteroatoms. The van der Waals surface area contributed by atoms with Gasteiger partial charge < -0.3 is 15.0 Å². The van der Waals surface area contributed by atoms with E-state index in [2.05, 4.69) is 22.2 Å². The molecular weight excluding hydrogens is 470 g/mol. The van der Waals surface area contributed by atoms with Crippen LogP contribution in [-0.2, 0) is 10.9 Å². The number of halogens is 4. The van der Waals surface area contributed by atoms with Gasteiger partial charge in [0.25, 0.3) is 0 Å². The standard InChI is InChI=1S/C19H24F3N3O.HI/c1-23-18(25(2)12-13-26-14-16-5-6-16)24-11-3-4-15-7-9-17(10-8-15)19(20,21)22;/h7-10,16H,5-6,11-14H2,1-2H3,(H,23,24);1H. The summed E-state index contributed by atoms with van der Waals surface area (Å²) in [4.78, 5) is 6.13. The van der Waals surface area contributed by atoms with E-state index in [4.69, 9.17) is 4.74 Å². The molecule has 0 atom stereocenters. The zero-order valence-corrected chi connectivity index (χ0v) is 17.8. The van der Waals surface area contributed by atoms with Gasteiger partial charge in [0.05, 0.1) is 18.7 Å². The first-order chi connectivity index (χ1) is 12.4. The molecule has 1 aromatic rings. The Balaban J connectivity index is 0.00000364. The second kappa shape index (κ2) is 11.4. The molecule has 1 aromatic carbocycles. The molecule has 0 unspecified atom stereocenters. The molecule has 1 fully saturated rings. The van der Waals surface area contributed by atoms with Crippen LogP contribution in [0.15, 0.2) is 29.3 Å². The van der Waals surface area contributed by atoms with Crippen molar-refractivity contribution in [2.75, 3.05) is 40.4 Å². The normalized spacial score (nSPS) is 14.0. The van der Waals surface area contributed by atoms with E-state index >= 15 is 0 Å². The SMILES string of the molecule is CN=C(NCC#Cc1ccc(C(F)(F)F)cc1)N(C)CCOCC1CC1.I. The Morgan fingerprint density at radius 2 is 1.96 bits per heavy atom. The minimum absolute atomic E-state index is 0. The number of likely N-dealkylation sites (N-methyl/N-ethyl adjacent to an activating group) is 1. The van der Waals surface area contributed by atoms with Gasteiger partial charge in [0.2, 0.25) is 0 Å². The fourth-order valence-corrected chi connectivity index (χ4v) is 2.24. The molecule has 1 N–H and O–H groups in total. The number of aliphatic imine (C=N–C) groups is 1. The Labute approximate surface area is 175 Å². The van der Waals surface area contributed by atoms with Crippen LogP contribution in [0.25, 0.3) is 0 Å². The zero-order valence-electron chi connectivity index (χ0n) is 15.5. The molecule has 27 heavy (non-hydrogen) atoms. The van der Waals surface area contributed by atoms with E-state index in [1.807, 2.05) is 11.9 Å². The number of nitrogens with one attached hydrogen (secondary N) is 1. The molecule has 0 aromatic heterocycles. The highest BCUT2D eigenvalue weighted by Gasteiger charge is 2.29. The molecule has 0 amide bonds. The van der Waals surface area contributed by atoms with Crippen LogP contribution in [0.2, 0.25) is 0 Å². The monoisotopic (exact) mass is 495 g/mol. The fraction of sp³-hybridized carbons (Fsp3) is 0.526. The van der Waals surface area contributed by atoms with Crippen molar-refractivity contribution in [3.8, 4) is 11.8 Å². The molecule has 0 saturated heterocycles. The van der Waals surface area contributed by atoms with E-state index < -0.39 is 11.7 Å². The van der Waals surface area contributed by atoms with E-state index in [9.17, 15) is 13.2 Å². The lowest BCUT2D eigenvalue weighted by Gasteiger charge is -2.21. The summed E-state index contributed by atoms with van der Waals surface area (Å²) in [6.07, 6.45) is -1.78. The molecule has 0 aliphatic heterocycles. The van der Waals surface area contributed by atoms with Gasteiger partial charge in [0.1, 0.15) is 0 Å². The molecule has 1 aliphatic rings. The van der Waals surface area contributed by atoms with E-state index in [-0.39, 0.29) is 24.0 Å². The molecular formula is C19H25F3IN3O. The number of rotatable bonds is 6. The van der Waals surface area contributed by atoms with Gasteiger partial charge in [0, 0.05) is 32.8 Å². The number of hydrogen-bond acceptors (Lipinski definition) is 2. The molecule has 1 aliphatic carbocycles. The van der Waals surface area contributed by atoms with Crippen molar-refractivity contribution in [3.05, 3.63) is 35.4 Å². The zero-order chi connectivity index (χ0) is 19.0. The van der Waals surface area contributed by atoms with Crippen molar-refractivity contribution in [1.82, 2.24) is 10.2 Å². The summed E-state index contributed by atoms with van der Waals surface area (Å²) in [5.74, 6) is 7.17. The Morgan fingerprint density at radius 1 is 1.30 bits per heavy atom. The van der Waals surface area contributed by atoms with Gasteiger partial charge in [-0.25, -0.2) is 0 Å². The summed E-state index contributed by atoms with van der Waals surface area (Å²) < 4.78 is 43.1. The summed E-state index contributed by atoms with van der Waals surface area (Å²) in [5, 5.41) is 3.10. The fourth-order valence-electron chi connectivity index (χ4n) is 2.24. The minimum atomic E-state index is -4.33. The van der Waals surface area contributed by atoms with Gasteiger partial charge in [-0.3, -0.25) is 4.99 Å². The van der Waals surface area contributed by atoms with Gasteiger partial charge in [-0.1, -0.05) is 11.8 Å². The maximum Gasteiger partial charge on any atom is 0.416 e. The molecule has 4 nitrogen and oxygen atoms in total. The van der Waals surface area contributed by atoms with Gasteiger partial charge in [-0.05, 0) is 43.0 Å². The first kappa shape index (κ1) is 23.6. The van der Waals surface area contributed by atoms with E-state index in [0.29, 0.717) is 24.7 Å². The van der Waals surface area contributed by atoms with Crippen molar-refractivity contribution in [2.24, 2.45) is 10.9 Å². The first-order valence-corrected chi connectivity index (χ1v) is 8.56. The van der Waals surface area contributed by atoms with Crippen molar-refractivity contribution in [2.45, 2.75) is 19.0 Å². The highest BCUT2D eigenvalue weighted by Crippen LogP contribution is 2.29. The molecule has 0 spiro atoms. The van der Waals surface area contributed by atoms with Gasteiger partial charge in [-0.15, -0.1) is 24.0 Å². The van der Waals surface area contributed by atoms with Crippen LogP contribution in [0.5, 0.6) is 0 Å². The summed E-state index contributed by atoms with van der Waals surface area (Å²) in [7, 11) is 3.60. The Bertz CT molecular complexity index is 662. The third-order valence-corrected chi connectivity index (χ3v) is 3.97. The molecule has 150 valence electrons. The Hall–Kier alpha value is -1.47. The summed E-state index contributed by atoms with van der Waals surface area (Å²) in [5.41, 5.74) is -0.135. The predicted molar refractivity (Wildman–Crippen MR) is 111 cm³/mol. The van der Waals surface area contributed by atoms with E-state index in [1.165, 1.54) is 25.0 Å². The van der Waals surface area contributed by atoms with Crippen molar-refractivity contribution in [3.63, 3.8) is 0 Å². The van der Waals surface area contributed by atoms with Crippen LogP contribution in [0.4, 0.5) is 13.2 Å². The van der Waals surface area contributed by atoms with Crippen LogP contribution in [0, 0.1) is 17.8 Å². The Morgan fingerprint density at radius 3 is 2.52 bits per heavy atom. The molecule has 0 bridgehead atoms. The number of benzene rings is 1. The van der Waals surface area contributed by atoms with Gasteiger partial charge in [0.15, 0.2) is 5.96 Å². The molecule has 1 saturated carbocycles. The maximum absolute atomic E-state index is 12.5. The number of nitrogens with zero attached hydrogens (tertiary/aromatic N) is 2. The summed E-state index contributed by atoms with van der Waals surface area (Å²) >= 11 is 0. The average molecular weight is 495 g/mol. The highest BCUT2D eigenvalue weighted by molar-refractivity contribution is 14.0. The second-order valence-corrected chi connectivity index (χ2v) is 6.22. The van der Waals surface area contributed by atoms with Crippen molar-refractivity contribution < 1.29 is 17.9 Å². The smallest absolute Gasteiger partial charge is 0.379 e. The molecule has 2 rings (SSSR count). The lowest BCUT2D eigenvalue weighted by molar-refractivity contribution is -0.137. The predicted octanol–water partition coefficient (Wildman–Crippen LogP) is 3.61. The number of alkyl halides is 3. The topological polar surface area (TPSA) is 36.9 Å². The van der Waals surface area contributed by atoms with Crippen LogP contribution >= 0.6 is 24.0 Å². The van der Waals surface area contributed by atoms with Crippen molar-refractivity contribution >= 4 is 29.9 Å². The summed E-state index contributed by atoms with van der Waals surface area (Å²) in [6, 6.07) is 4.81. The number of guanidine groups is 1. The summed E-state index contributed by atoms with van der Waals surface area (Å²) in [6.45, 7) is 2.54. The lowest BCUT2D eigenvalue weighted by Crippen LogP contribution is -2.40. The molecule has 0 heterocycles. The van der Waals surface area contributed by atoms with E-state index in [1.54, 1.807) is 7.05 Å². The third kappa shape index (κ3) is 8.84. The highest BCUT2D eigenvalue weighted by atomic mass is 127. The lowest BCUT2D eigenvalue weighted by atomic mass is 10.1. The number of ether oxygens (including phenoxy) is 1. The third-order valence-electron chi connectivity index (χ3n) is 3.97. The van der Waals surface area contributed by atoms with E-state index in [0.717, 1.165) is 31.2 Å². The van der Waals surface area contributed by atoms with Crippen LogP contribution in [0.3, 0.4) is 0 Å². The van der Waals surface area contributed by atoms with Gasteiger partial charge in [-0.2, -0.15) is 13.2 Å². The maximum atomic E-state index is 12.5. The number of hydrogen-bond donors (Lipinski definition) is 1.